The second-order valence-electron chi connectivity index (χ2n) is 5.92. The van der Waals surface area contributed by atoms with E-state index in [0.717, 1.165) is 38.0 Å². The Morgan fingerprint density at radius 3 is 2.08 bits per heavy atom. The van der Waals surface area contributed by atoms with Gasteiger partial charge in [-0.25, -0.2) is 0 Å². The van der Waals surface area contributed by atoms with Crippen molar-refractivity contribution in [2.75, 3.05) is 40.0 Å². The number of thiol groups is 1. The van der Waals surface area contributed by atoms with E-state index in [0.29, 0.717) is 25.8 Å². The van der Waals surface area contributed by atoms with E-state index in [4.69, 9.17) is 0 Å². The molecule has 0 aliphatic heterocycles. The van der Waals surface area contributed by atoms with E-state index < -0.39 is 0 Å². The predicted molar refractivity (Wildman–Crippen MR) is 102 cm³/mol. The normalized spacial score (nSPS) is 9.92. The van der Waals surface area contributed by atoms with E-state index in [-0.39, 0.29) is 17.6 Å². The summed E-state index contributed by atoms with van der Waals surface area (Å²) in [5.41, 5.74) is 0. The van der Waals surface area contributed by atoms with Gasteiger partial charge in [0.05, 0.1) is 0 Å². The minimum atomic E-state index is -0.0287. The molecule has 0 atom stereocenters. The van der Waals surface area contributed by atoms with Gasteiger partial charge in [-0.15, -0.1) is 0 Å². The molecule has 2 N–H and O–H groups in total. The third kappa shape index (κ3) is 23.2. The summed E-state index contributed by atoms with van der Waals surface area (Å²) >= 11 is 4.07. The van der Waals surface area contributed by atoms with Crippen LogP contribution in [-0.2, 0) is 14.4 Å². The molecule has 6 nitrogen and oxygen atoms in total. The van der Waals surface area contributed by atoms with Crippen LogP contribution in [0.1, 0.15) is 51.9 Å². The average Bonchev–Trinajstić information content (AvgIpc) is 2.53. The Hall–Kier alpha value is -1.08. The Kier molecular flexibility index (Phi) is 19.1. The lowest BCUT2D eigenvalue weighted by Crippen LogP contribution is -2.27. The number of Topliss-reactive ketones (excluding diaryl/α,β-unsaturated/α-hetero) is 1. The van der Waals surface area contributed by atoms with Gasteiger partial charge in [0.25, 0.3) is 0 Å². The third-order valence-electron chi connectivity index (χ3n) is 3.15. The van der Waals surface area contributed by atoms with E-state index in [2.05, 4.69) is 28.2 Å². The average molecular weight is 362 g/mol. The van der Waals surface area contributed by atoms with Crippen molar-refractivity contribution < 1.29 is 14.4 Å². The number of nitrogens with one attached hydrogen (secondary N) is 2. The maximum atomic E-state index is 11.1. The molecule has 0 bridgehead atoms. The van der Waals surface area contributed by atoms with Crippen molar-refractivity contribution in [3.05, 3.63) is 0 Å². The van der Waals surface area contributed by atoms with Crippen LogP contribution in [0.25, 0.3) is 0 Å². The van der Waals surface area contributed by atoms with Gasteiger partial charge in [-0.3, -0.25) is 9.59 Å². The maximum absolute atomic E-state index is 11.1. The van der Waals surface area contributed by atoms with Gasteiger partial charge < -0.3 is 20.3 Å². The monoisotopic (exact) mass is 361 g/mol. The molecule has 24 heavy (non-hydrogen) atoms. The molecule has 0 radical (unpaired) electrons. The number of carbonyl (C=O) groups is 3. The first-order valence-corrected chi connectivity index (χ1v) is 9.19. The smallest absolute Gasteiger partial charge is 0.220 e. The molecule has 0 aliphatic rings. The molecule has 0 heterocycles. The van der Waals surface area contributed by atoms with Crippen LogP contribution in [0.3, 0.4) is 0 Å². The summed E-state index contributed by atoms with van der Waals surface area (Å²) in [5.74, 6) is 1.10. The topological polar surface area (TPSA) is 78.5 Å². The van der Waals surface area contributed by atoms with E-state index in [1.165, 1.54) is 6.92 Å². The highest BCUT2D eigenvalue weighted by Gasteiger charge is 2.02. The molecule has 142 valence electrons. The highest BCUT2D eigenvalue weighted by Crippen LogP contribution is 1.99. The molecule has 0 spiro atoms. The molecule has 0 aromatic heterocycles. The van der Waals surface area contributed by atoms with Crippen LogP contribution >= 0.6 is 12.6 Å². The number of ketones is 1. The lowest BCUT2D eigenvalue weighted by Gasteiger charge is -2.09. The summed E-state index contributed by atoms with van der Waals surface area (Å²) in [7, 11) is 5.66. The zero-order valence-electron chi connectivity index (χ0n) is 15.7. The molecular weight excluding hydrogens is 326 g/mol. The fourth-order valence-electron chi connectivity index (χ4n) is 1.70. The molecule has 0 aromatic carbocycles. The summed E-state index contributed by atoms with van der Waals surface area (Å²) in [6.45, 7) is 3.15. The van der Waals surface area contributed by atoms with Crippen LogP contribution in [0.2, 0.25) is 0 Å². The molecule has 0 saturated heterocycles. The van der Waals surface area contributed by atoms with Crippen LogP contribution in [0.5, 0.6) is 0 Å². The van der Waals surface area contributed by atoms with Gasteiger partial charge in [-0.1, -0.05) is 6.42 Å². The van der Waals surface area contributed by atoms with Crippen molar-refractivity contribution in [3.63, 3.8) is 0 Å². The van der Waals surface area contributed by atoms with Crippen molar-refractivity contribution in [1.29, 1.82) is 0 Å². The quantitative estimate of drug-likeness (QED) is 0.365. The summed E-state index contributed by atoms with van der Waals surface area (Å²) in [6, 6.07) is 0. The number of rotatable bonds is 12. The molecule has 7 heteroatoms. The van der Waals surface area contributed by atoms with Gasteiger partial charge in [0.15, 0.2) is 0 Å². The predicted octanol–water partition coefficient (Wildman–Crippen LogP) is 1.65. The van der Waals surface area contributed by atoms with Gasteiger partial charge >= 0.3 is 0 Å². The van der Waals surface area contributed by atoms with Crippen molar-refractivity contribution in [3.8, 4) is 0 Å². The van der Waals surface area contributed by atoms with E-state index >= 15 is 0 Å². The summed E-state index contributed by atoms with van der Waals surface area (Å²) in [5, 5.41) is 5.36. The minimum absolute atomic E-state index is 0.0287. The SMILES string of the molecule is CC(=O)CCC(=O)NCCCN(C)C.CNC(=O)CCCCCS. The lowest BCUT2D eigenvalue weighted by molar-refractivity contribution is -0.124. The molecule has 0 unspecified atom stereocenters. The lowest BCUT2D eigenvalue weighted by atomic mass is 10.2. The first-order valence-electron chi connectivity index (χ1n) is 8.55. The van der Waals surface area contributed by atoms with Crippen LogP contribution in [-0.4, -0.2) is 62.5 Å². The fraction of sp³-hybridized carbons (Fsp3) is 0.824. The largest absolute Gasteiger partial charge is 0.359 e. The number of amides is 2. The summed E-state index contributed by atoms with van der Waals surface area (Å²) in [4.78, 5) is 34.4. The molecule has 0 aromatic rings. The first kappa shape index (κ1) is 25.2. The van der Waals surface area contributed by atoms with Gasteiger partial charge in [-0.05, 0) is 52.6 Å². The van der Waals surface area contributed by atoms with Crippen molar-refractivity contribution in [2.24, 2.45) is 0 Å². The Balaban J connectivity index is 0. The second kappa shape index (κ2) is 18.3. The van der Waals surface area contributed by atoms with E-state index in [9.17, 15) is 14.4 Å². The standard InChI is InChI=1S/C10H20N2O2.C7H15NOS/c1-9(13)5-6-10(14)11-7-4-8-12(2)3;1-8-7(9)5-3-2-4-6-10/h4-8H2,1-3H3,(H,11,14);10H,2-6H2,1H3,(H,8,9). The number of unbranched alkanes of at least 4 members (excludes halogenated alkanes) is 2. The van der Waals surface area contributed by atoms with E-state index in [1.807, 2.05) is 14.1 Å². The van der Waals surface area contributed by atoms with Crippen LogP contribution in [0.4, 0.5) is 0 Å². The number of hydrogen-bond acceptors (Lipinski definition) is 5. The van der Waals surface area contributed by atoms with Crippen molar-refractivity contribution >= 4 is 30.2 Å². The number of nitrogens with zero attached hydrogens (tertiary/aromatic N) is 1. The van der Waals surface area contributed by atoms with Gasteiger partial charge in [-0.2, -0.15) is 12.6 Å². The van der Waals surface area contributed by atoms with E-state index in [1.54, 1.807) is 7.05 Å². The van der Waals surface area contributed by atoms with Crippen LogP contribution < -0.4 is 10.6 Å². The van der Waals surface area contributed by atoms with Gasteiger partial charge in [0.2, 0.25) is 11.8 Å². The second-order valence-corrected chi connectivity index (χ2v) is 6.36. The molecular formula is C17H35N3O3S. The van der Waals surface area contributed by atoms with Crippen molar-refractivity contribution in [1.82, 2.24) is 15.5 Å². The fourth-order valence-corrected chi connectivity index (χ4v) is 1.92. The molecule has 0 fully saturated rings. The molecule has 0 saturated carbocycles. The van der Waals surface area contributed by atoms with Crippen LogP contribution in [0.15, 0.2) is 0 Å². The summed E-state index contributed by atoms with van der Waals surface area (Å²) < 4.78 is 0. The Bertz CT molecular complexity index is 350. The Morgan fingerprint density at radius 1 is 0.917 bits per heavy atom. The van der Waals surface area contributed by atoms with Crippen LogP contribution in [0, 0.1) is 0 Å². The van der Waals surface area contributed by atoms with Gasteiger partial charge in [0, 0.05) is 32.9 Å². The van der Waals surface area contributed by atoms with Crippen molar-refractivity contribution in [2.45, 2.75) is 51.9 Å². The molecule has 0 aliphatic carbocycles. The zero-order valence-corrected chi connectivity index (χ0v) is 16.6. The minimum Gasteiger partial charge on any atom is -0.359 e. The zero-order chi connectivity index (χ0) is 18.8. The maximum Gasteiger partial charge on any atom is 0.220 e. The highest BCUT2D eigenvalue weighted by atomic mass is 32.1. The molecule has 2 amide bonds. The highest BCUT2D eigenvalue weighted by molar-refractivity contribution is 7.80. The number of hydrogen-bond donors (Lipinski definition) is 3. The number of carbonyl (C=O) groups excluding carboxylic acids is 3. The Labute approximate surface area is 152 Å². The summed E-state index contributed by atoms with van der Waals surface area (Å²) in [6.07, 6.45) is 5.47. The molecule has 0 rings (SSSR count). The first-order chi connectivity index (χ1) is 11.3. The third-order valence-corrected chi connectivity index (χ3v) is 3.47. The Morgan fingerprint density at radius 2 is 1.58 bits per heavy atom. The van der Waals surface area contributed by atoms with Gasteiger partial charge in [0.1, 0.15) is 5.78 Å².